The largest absolute Gasteiger partial charge is 0.338 e. The van der Waals surface area contributed by atoms with Crippen LogP contribution in [-0.4, -0.2) is 10.7 Å². The number of nitrogens with zero attached hydrogens (tertiary/aromatic N) is 2. The Morgan fingerprint density at radius 1 is 1.46 bits per heavy atom. The second-order valence-electron chi connectivity index (χ2n) is 2.70. The van der Waals surface area contributed by atoms with Crippen LogP contribution in [-0.2, 0) is 32.7 Å². The first-order valence-electron chi connectivity index (χ1n) is 3.79. The second-order valence-corrected chi connectivity index (χ2v) is 2.70. The number of hydrogen-bond donors (Lipinski definition) is 0. The van der Waals surface area contributed by atoms with Crippen molar-refractivity contribution >= 4 is 5.84 Å². The molecular formula is C10H9N2Y-. The molecule has 0 atom stereocenters. The molecule has 0 saturated heterocycles. The van der Waals surface area contributed by atoms with Gasteiger partial charge in [-0.3, -0.25) is 4.99 Å². The molecule has 0 aromatic carbocycles. The molecule has 13 heavy (non-hydrogen) atoms. The number of fused-ring (bicyclic) bond motifs is 1. The maximum absolute atomic E-state index is 4.30. The summed E-state index contributed by atoms with van der Waals surface area (Å²) in [6, 6.07) is 0. The first-order chi connectivity index (χ1) is 5.77. The minimum absolute atomic E-state index is 0. The number of aliphatic imine (C=N–C) groups is 1. The van der Waals surface area contributed by atoms with Crippen LogP contribution in [0.5, 0.6) is 0 Å². The second kappa shape index (κ2) is 4.16. The van der Waals surface area contributed by atoms with Gasteiger partial charge in [0, 0.05) is 38.9 Å². The Morgan fingerprint density at radius 2 is 2.23 bits per heavy atom. The van der Waals surface area contributed by atoms with Crippen molar-refractivity contribution in [2.24, 2.45) is 4.99 Å². The zero-order chi connectivity index (χ0) is 8.55. The van der Waals surface area contributed by atoms with E-state index >= 15 is 0 Å². The van der Waals surface area contributed by atoms with Crippen LogP contribution in [0.4, 0.5) is 0 Å². The summed E-state index contributed by atoms with van der Waals surface area (Å²) in [5.74, 6) is 0.916. The van der Waals surface area contributed by atoms with E-state index in [0.29, 0.717) is 0 Å². The maximum atomic E-state index is 4.30. The minimum atomic E-state index is 0. The number of allylic oxidation sites excluding steroid dienone is 4. The summed E-state index contributed by atoms with van der Waals surface area (Å²) in [4.78, 5) is 6.21. The smallest absolute Gasteiger partial charge is 0.132 e. The first kappa shape index (κ1) is 10.6. The number of rotatable bonds is 0. The van der Waals surface area contributed by atoms with Crippen LogP contribution in [0.15, 0.2) is 47.4 Å². The van der Waals surface area contributed by atoms with Gasteiger partial charge in [0.1, 0.15) is 5.84 Å². The summed E-state index contributed by atoms with van der Waals surface area (Å²) in [7, 11) is 0. The van der Waals surface area contributed by atoms with Crippen LogP contribution in [0.25, 0.3) is 0 Å². The fraction of sp³-hybridized carbons (Fsp3) is 0.100. The fourth-order valence-electron chi connectivity index (χ4n) is 1.22. The van der Waals surface area contributed by atoms with Gasteiger partial charge in [0.05, 0.1) is 0 Å². The van der Waals surface area contributed by atoms with Gasteiger partial charge in [0.2, 0.25) is 0 Å². The SMILES string of the molecule is C=C1[C-]=C(C)N=C2C=CC=CN12.[Y]. The summed E-state index contributed by atoms with van der Waals surface area (Å²) in [5, 5.41) is 0. The topological polar surface area (TPSA) is 15.6 Å². The summed E-state index contributed by atoms with van der Waals surface area (Å²) in [5.41, 5.74) is 1.73. The van der Waals surface area contributed by atoms with Crippen molar-refractivity contribution in [1.29, 1.82) is 0 Å². The van der Waals surface area contributed by atoms with Gasteiger partial charge >= 0.3 is 0 Å². The van der Waals surface area contributed by atoms with Gasteiger partial charge in [-0.25, -0.2) is 12.7 Å². The van der Waals surface area contributed by atoms with Crippen molar-refractivity contribution in [3.8, 4) is 0 Å². The maximum Gasteiger partial charge on any atom is 0.132 e. The predicted molar refractivity (Wildman–Crippen MR) is 49.1 cm³/mol. The molecule has 2 rings (SSSR count). The third-order valence-electron chi connectivity index (χ3n) is 1.74. The van der Waals surface area contributed by atoms with Gasteiger partial charge in [0.25, 0.3) is 0 Å². The Morgan fingerprint density at radius 3 is 3.00 bits per heavy atom. The summed E-state index contributed by atoms with van der Waals surface area (Å²) in [6.45, 7) is 5.80. The van der Waals surface area contributed by atoms with Crippen molar-refractivity contribution in [3.05, 3.63) is 48.5 Å². The average Bonchev–Trinajstić information content (AvgIpc) is 2.04. The molecule has 0 unspecified atom stereocenters. The monoisotopic (exact) mass is 246 g/mol. The van der Waals surface area contributed by atoms with E-state index in [0.717, 1.165) is 17.2 Å². The van der Waals surface area contributed by atoms with Gasteiger partial charge in [-0.1, -0.05) is 6.08 Å². The molecule has 0 saturated carbocycles. The van der Waals surface area contributed by atoms with Crippen LogP contribution >= 0.6 is 0 Å². The van der Waals surface area contributed by atoms with Crippen molar-refractivity contribution in [2.45, 2.75) is 6.92 Å². The third kappa shape index (κ3) is 2.06. The first-order valence-corrected chi connectivity index (χ1v) is 3.79. The molecule has 0 spiro atoms. The van der Waals surface area contributed by atoms with Crippen LogP contribution in [0.1, 0.15) is 6.92 Å². The summed E-state index contributed by atoms with van der Waals surface area (Å²) < 4.78 is 0. The summed E-state index contributed by atoms with van der Waals surface area (Å²) >= 11 is 0. The van der Waals surface area contributed by atoms with Gasteiger partial charge < -0.3 is 4.90 Å². The predicted octanol–water partition coefficient (Wildman–Crippen LogP) is 2.00. The quantitative estimate of drug-likeness (QED) is 0.597. The van der Waals surface area contributed by atoms with Crippen molar-refractivity contribution in [1.82, 2.24) is 4.90 Å². The Balaban J connectivity index is 0.000000845. The molecule has 0 amide bonds. The molecule has 0 bridgehead atoms. The fourth-order valence-corrected chi connectivity index (χ4v) is 1.22. The molecule has 0 aromatic rings. The van der Waals surface area contributed by atoms with Gasteiger partial charge in [0.15, 0.2) is 0 Å². The molecule has 0 aliphatic carbocycles. The molecule has 1 radical (unpaired) electrons. The Hall–Kier alpha value is -0.466. The van der Waals surface area contributed by atoms with E-state index < -0.39 is 0 Å². The van der Waals surface area contributed by atoms with E-state index in [1.165, 1.54) is 0 Å². The van der Waals surface area contributed by atoms with Gasteiger partial charge in [-0.2, -0.15) is 0 Å². The Bertz CT molecular complexity index is 348. The standard InChI is InChI=1S/C10H9N2.Y/c1-8-7-9(2)12-6-4-3-5-10(12)11-8;/h3-6H,2H2,1H3;/q-1;. The van der Waals surface area contributed by atoms with Crippen LogP contribution in [0.3, 0.4) is 0 Å². The number of amidine groups is 1. The Labute approximate surface area is 103 Å². The molecule has 63 valence electrons. The third-order valence-corrected chi connectivity index (χ3v) is 1.74. The molecule has 0 fully saturated rings. The molecule has 3 heteroatoms. The van der Waals surface area contributed by atoms with E-state index in [2.05, 4.69) is 17.6 Å². The number of hydrogen-bond acceptors (Lipinski definition) is 2. The van der Waals surface area contributed by atoms with E-state index in [9.17, 15) is 0 Å². The van der Waals surface area contributed by atoms with Crippen LogP contribution in [0, 0.1) is 6.08 Å². The van der Waals surface area contributed by atoms with E-state index in [1.54, 1.807) is 0 Å². The zero-order valence-corrected chi connectivity index (χ0v) is 10.3. The molecule has 2 aliphatic rings. The molecule has 2 aliphatic heterocycles. The van der Waals surface area contributed by atoms with Crippen molar-refractivity contribution in [2.75, 3.05) is 0 Å². The van der Waals surface area contributed by atoms with E-state index in [1.807, 2.05) is 36.3 Å². The minimum Gasteiger partial charge on any atom is -0.338 e. The van der Waals surface area contributed by atoms with Gasteiger partial charge in [-0.15, -0.1) is 5.70 Å². The zero-order valence-electron chi connectivity index (χ0n) is 7.49. The molecule has 2 nitrogen and oxygen atoms in total. The molecular weight excluding hydrogens is 237 g/mol. The molecule has 2 heterocycles. The van der Waals surface area contributed by atoms with Crippen molar-refractivity contribution in [3.63, 3.8) is 0 Å². The Kier molecular flexibility index (Phi) is 3.40. The van der Waals surface area contributed by atoms with E-state index in [-0.39, 0.29) is 32.7 Å². The van der Waals surface area contributed by atoms with E-state index in [4.69, 9.17) is 0 Å². The van der Waals surface area contributed by atoms with Crippen LogP contribution in [0.2, 0.25) is 0 Å². The average molecular weight is 246 g/mol. The molecule has 0 aromatic heterocycles. The van der Waals surface area contributed by atoms with Gasteiger partial charge in [-0.05, 0) is 24.8 Å². The van der Waals surface area contributed by atoms with Crippen LogP contribution < -0.4 is 0 Å². The van der Waals surface area contributed by atoms with Crippen molar-refractivity contribution < 1.29 is 32.7 Å². The normalized spacial score (nSPS) is 18.8. The summed E-state index contributed by atoms with van der Waals surface area (Å²) in [6.07, 6.45) is 10.8. The molecule has 0 N–H and O–H groups in total.